The van der Waals surface area contributed by atoms with Crippen LogP contribution in [0.5, 0.6) is 0 Å². The molecular weight excluding hydrogens is 654 g/mol. The third kappa shape index (κ3) is 6.69. The Morgan fingerprint density at radius 1 is 1.17 bits per heavy atom. The van der Waals surface area contributed by atoms with E-state index in [4.69, 9.17) is 9.47 Å². The van der Waals surface area contributed by atoms with Crippen LogP contribution in [0.15, 0.2) is 55.6 Å². The topological polar surface area (TPSA) is 117 Å². The van der Waals surface area contributed by atoms with E-state index in [9.17, 15) is 24.3 Å². The molecule has 2 bridgehead atoms. The van der Waals surface area contributed by atoms with Crippen molar-refractivity contribution in [2.75, 3.05) is 26.7 Å². The molecule has 8 atom stereocenters. The zero-order chi connectivity index (χ0) is 33.8. The highest BCUT2D eigenvalue weighted by Crippen LogP contribution is 2.60. The number of ether oxygens (including phenoxy) is 2. The monoisotopic (exact) mass is 701 g/mol. The summed E-state index contributed by atoms with van der Waals surface area (Å²) in [5.74, 6) is -3.15. The molecule has 0 radical (unpaired) electrons. The van der Waals surface area contributed by atoms with E-state index in [2.05, 4.69) is 29.1 Å². The van der Waals surface area contributed by atoms with Crippen molar-refractivity contribution in [2.45, 2.75) is 93.6 Å². The molecule has 3 amide bonds. The van der Waals surface area contributed by atoms with Gasteiger partial charge in [0.15, 0.2) is 0 Å². The number of halogens is 1. The molecule has 4 rings (SSSR count). The van der Waals surface area contributed by atoms with Crippen LogP contribution >= 0.6 is 15.9 Å². The smallest absolute Gasteiger partial charge is 0.313 e. The number of amides is 3. The lowest BCUT2D eigenvalue weighted by Crippen LogP contribution is -2.58. The van der Waals surface area contributed by atoms with Crippen molar-refractivity contribution in [3.05, 3.63) is 61.2 Å². The average Bonchev–Trinajstić information content (AvgIpc) is 3.63. The molecule has 1 N–H and O–H groups in total. The maximum absolute atomic E-state index is 14.4. The number of rotatable bonds is 16. The number of likely N-dealkylation sites (tertiary alicyclic amines) is 1. The van der Waals surface area contributed by atoms with E-state index in [1.165, 1.54) is 0 Å². The normalized spacial score (nSPS) is 27.7. The van der Waals surface area contributed by atoms with Crippen LogP contribution in [0, 0.1) is 11.8 Å². The number of esters is 1. The molecule has 3 aliphatic rings. The van der Waals surface area contributed by atoms with Crippen molar-refractivity contribution in [2.24, 2.45) is 11.8 Å². The molecule has 10 nitrogen and oxygen atoms in total. The number of allylic oxidation sites excluding steroid dienone is 1. The molecule has 1 spiro atoms. The summed E-state index contributed by atoms with van der Waals surface area (Å²) < 4.78 is 12.9. The Bertz CT molecular complexity index is 1290. The molecule has 0 saturated carbocycles. The Hall–Kier alpha value is -3.02. The number of aliphatic hydroxyl groups excluding tert-OH is 1. The molecule has 1 aromatic carbocycles. The predicted molar refractivity (Wildman–Crippen MR) is 178 cm³/mol. The van der Waals surface area contributed by atoms with Gasteiger partial charge in [-0.05, 0) is 52.0 Å². The van der Waals surface area contributed by atoms with Gasteiger partial charge in [0.1, 0.15) is 17.7 Å². The van der Waals surface area contributed by atoms with Crippen molar-refractivity contribution < 1.29 is 33.8 Å². The SMILES string of the molecule is C=CCCC(=O)N(C)[C@@H](C)[C@@H](OC(=O)[C@H]1[C@@H]2O[C@@]3(CC2Br)[C@@H]1C(=O)N(CCCCO)[C@@H]3C(=O)N(CC=C)C(C)C)c1ccccc1. The molecular formula is C35H48BrN3O7. The first-order valence-corrected chi connectivity index (χ1v) is 17.1. The van der Waals surface area contributed by atoms with Crippen LogP contribution in [-0.2, 0) is 28.7 Å². The fourth-order valence-corrected chi connectivity index (χ4v) is 8.23. The van der Waals surface area contributed by atoms with Crippen LogP contribution in [-0.4, -0.2) is 105 Å². The third-order valence-electron chi connectivity index (χ3n) is 9.71. The van der Waals surface area contributed by atoms with E-state index in [1.54, 1.807) is 33.9 Å². The summed E-state index contributed by atoms with van der Waals surface area (Å²) in [7, 11) is 1.69. The zero-order valence-electron chi connectivity index (χ0n) is 27.3. The molecule has 3 heterocycles. The van der Waals surface area contributed by atoms with Crippen LogP contribution in [0.4, 0.5) is 0 Å². The van der Waals surface area contributed by atoms with Gasteiger partial charge in [0, 0.05) is 44.0 Å². The fraction of sp³-hybridized carbons (Fsp3) is 0.600. The molecule has 1 aromatic rings. The van der Waals surface area contributed by atoms with Crippen molar-refractivity contribution in [1.29, 1.82) is 0 Å². The Morgan fingerprint density at radius 3 is 2.48 bits per heavy atom. The number of aliphatic hydroxyl groups is 1. The molecule has 11 heteroatoms. The number of unbranched alkanes of at least 4 members (excludes halogenated alkanes) is 1. The van der Waals surface area contributed by atoms with Gasteiger partial charge in [-0.15, -0.1) is 13.2 Å². The number of carbonyl (C=O) groups is 4. The summed E-state index contributed by atoms with van der Waals surface area (Å²) in [6.45, 7) is 13.7. The summed E-state index contributed by atoms with van der Waals surface area (Å²) in [6, 6.07) is 7.64. The molecule has 46 heavy (non-hydrogen) atoms. The summed E-state index contributed by atoms with van der Waals surface area (Å²) in [6.07, 6.45) is 4.01. The number of carbonyl (C=O) groups excluding carboxylic acids is 4. The summed E-state index contributed by atoms with van der Waals surface area (Å²) in [5, 5.41) is 9.45. The van der Waals surface area contributed by atoms with Gasteiger partial charge < -0.3 is 29.3 Å². The van der Waals surface area contributed by atoms with Crippen molar-refractivity contribution in [3.63, 3.8) is 0 Å². The molecule has 3 saturated heterocycles. The number of fused-ring (bicyclic) bond motifs is 1. The second-order valence-electron chi connectivity index (χ2n) is 12.8. The van der Waals surface area contributed by atoms with Crippen LogP contribution in [0.2, 0.25) is 0 Å². The zero-order valence-corrected chi connectivity index (χ0v) is 28.9. The third-order valence-corrected chi connectivity index (χ3v) is 10.6. The largest absolute Gasteiger partial charge is 0.455 e. The number of alkyl halides is 1. The van der Waals surface area contributed by atoms with Gasteiger partial charge in [-0.1, -0.05) is 58.4 Å². The maximum Gasteiger partial charge on any atom is 0.313 e. The number of nitrogens with zero attached hydrogens (tertiary/aromatic N) is 3. The van der Waals surface area contributed by atoms with E-state index in [0.717, 1.165) is 0 Å². The molecule has 1 unspecified atom stereocenters. The molecule has 0 aromatic heterocycles. The van der Waals surface area contributed by atoms with E-state index < -0.39 is 47.7 Å². The van der Waals surface area contributed by atoms with Crippen molar-refractivity contribution in [3.8, 4) is 0 Å². The molecule has 252 valence electrons. The van der Waals surface area contributed by atoms with Crippen LogP contribution in [0.1, 0.15) is 64.5 Å². The lowest BCUT2D eigenvalue weighted by Gasteiger charge is -2.38. The highest BCUT2D eigenvalue weighted by molar-refractivity contribution is 9.09. The number of likely N-dealkylation sites (N-methyl/N-ethyl adjacent to an activating group) is 1. The van der Waals surface area contributed by atoms with E-state index in [-0.39, 0.29) is 48.2 Å². The molecule has 3 fully saturated rings. The summed E-state index contributed by atoms with van der Waals surface area (Å²) in [4.78, 5) is 60.5. The predicted octanol–water partition coefficient (Wildman–Crippen LogP) is 4.03. The minimum atomic E-state index is -1.23. The fourth-order valence-electron chi connectivity index (χ4n) is 7.29. The van der Waals surface area contributed by atoms with E-state index >= 15 is 0 Å². The van der Waals surface area contributed by atoms with Crippen molar-refractivity contribution >= 4 is 39.6 Å². The molecule has 0 aliphatic carbocycles. The number of benzene rings is 1. The second kappa shape index (κ2) is 15.3. The van der Waals surface area contributed by atoms with Gasteiger partial charge in [-0.3, -0.25) is 19.2 Å². The minimum Gasteiger partial charge on any atom is -0.455 e. The Labute approximate surface area is 280 Å². The second-order valence-corrected chi connectivity index (χ2v) is 14.0. The van der Waals surface area contributed by atoms with E-state index in [0.29, 0.717) is 37.8 Å². The van der Waals surface area contributed by atoms with Gasteiger partial charge in [-0.2, -0.15) is 0 Å². The Balaban J connectivity index is 1.70. The van der Waals surface area contributed by atoms with E-state index in [1.807, 2.05) is 51.1 Å². The average molecular weight is 703 g/mol. The van der Waals surface area contributed by atoms with Gasteiger partial charge in [0.25, 0.3) is 0 Å². The lowest BCUT2D eigenvalue weighted by atomic mass is 9.70. The highest BCUT2D eigenvalue weighted by atomic mass is 79.9. The number of hydrogen-bond donors (Lipinski definition) is 1. The van der Waals surface area contributed by atoms with Gasteiger partial charge in [-0.25, -0.2) is 0 Å². The first-order valence-electron chi connectivity index (χ1n) is 16.2. The summed E-state index contributed by atoms with van der Waals surface area (Å²) >= 11 is 3.72. The standard InChI is InChI=1S/C35H48BrN3O7/c1-7-9-17-26(41)37(6)23(5)29(24-15-11-10-12-16-24)45-34(44)27-28-32(42)39(19-13-14-20-40)31(33(43)38(18-8-2)22(3)4)35(28)21-25(36)30(27)46-35/h7-8,10-12,15-16,22-23,25,27-31,40H,1-2,9,13-14,17-21H2,3-6H3/t23-,25?,27+,28-,29+,30+,31+,35-/m0/s1. The lowest BCUT2D eigenvalue weighted by molar-refractivity contribution is -0.164. The van der Waals surface area contributed by atoms with Crippen molar-refractivity contribution in [1.82, 2.24) is 14.7 Å². The van der Waals surface area contributed by atoms with Gasteiger partial charge in [0.05, 0.1) is 24.0 Å². The molecule has 3 aliphatic heterocycles. The van der Waals surface area contributed by atoms with Gasteiger partial charge in [0.2, 0.25) is 17.7 Å². The summed E-state index contributed by atoms with van der Waals surface area (Å²) in [5.41, 5.74) is -0.510. The first-order chi connectivity index (χ1) is 21.9. The first kappa shape index (κ1) is 35.8. The highest BCUT2D eigenvalue weighted by Gasteiger charge is 2.77. The van der Waals surface area contributed by atoms with Crippen LogP contribution < -0.4 is 0 Å². The van der Waals surface area contributed by atoms with Gasteiger partial charge >= 0.3 is 5.97 Å². The Kier molecular flexibility index (Phi) is 11.9. The van der Waals surface area contributed by atoms with Crippen LogP contribution in [0.25, 0.3) is 0 Å². The quantitative estimate of drug-likeness (QED) is 0.120. The maximum atomic E-state index is 14.4. The Morgan fingerprint density at radius 2 is 1.87 bits per heavy atom. The van der Waals surface area contributed by atoms with Crippen LogP contribution in [0.3, 0.4) is 0 Å². The number of hydrogen-bond acceptors (Lipinski definition) is 7. The minimum absolute atomic E-state index is 0.0373.